The lowest BCUT2D eigenvalue weighted by Gasteiger charge is -2.34. The minimum Gasteiger partial charge on any atom is -0.423 e. The lowest BCUT2D eigenvalue weighted by Crippen LogP contribution is -2.54. The van der Waals surface area contributed by atoms with Crippen LogP contribution in [-0.2, 0) is 9.59 Å². The van der Waals surface area contributed by atoms with Gasteiger partial charge in [0, 0.05) is 35.8 Å². The maximum absolute atomic E-state index is 13.1. The monoisotopic (exact) mass is 383 g/mol. The van der Waals surface area contributed by atoms with Crippen molar-refractivity contribution in [3.05, 3.63) is 39.7 Å². The second-order valence-corrected chi connectivity index (χ2v) is 7.80. The van der Waals surface area contributed by atoms with Crippen molar-refractivity contribution in [2.45, 2.75) is 45.7 Å². The highest BCUT2D eigenvalue weighted by Crippen LogP contribution is 2.34. The van der Waals surface area contributed by atoms with Crippen LogP contribution in [0.4, 0.5) is 5.69 Å². The van der Waals surface area contributed by atoms with E-state index >= 15 is 0 Å². The molecule has 2 aliphatic heterocycles. The van der Waals surface area contributed by atoms with E-state index in [0.29, 0.717) is 24.2 Å². The van der Waals surface area contributed by atoms with E-state index in [9.17, 15) is 14.4 Å². The van der Waals surface area contributed by atoms with Crippen molar-refractivity contribution in [2.75, 3.05) is 18.4 Å². The molecule has 0 radical (unpaired) electrons. The zero-order valence-corrected chi connectivity index (χ0v) is 16.4. The molecule has 2 aromatic rings. The van der Waals surface area contributed by atoms with Crippen LogP contribution in [0.1, 0.15) is 30.9 Å². The van der Waals surface area contributed by atoms with Gasteiger partial charge < -0.3 is 20.0 Å². The topological polar surface area (TPSA) is 91.6 Å². The summed E-state index contributed by atoms with van der Waals surface area (Å²) in [5.41, 5.74) is 2.48. The predicted molar refractivity (Wildman–Crippen MR) is 106 cm³/mol. The SMILES string of the molecule is CC[C@@H]1[C@H](C(=O)Nc2cc3c(C)cc(=O)oc3cc2C)C[C@@H]2CNCC(=O)N21. The average molecular weight is 383 g/mol. The number of rotatable bonds is 3. The Morgan fingerprint density at radius 1 is 1.25 bits per heavy atom. The van der Waals surface area contributed by atoms with E-state index in [1.54, 1.807) is 6.07 Å². The summed E-state index contributed by atoms with van der Waals surface area (Å²) < 4.78 is 5.27. The number of hydrogen-bond acceptors (Lipinski definition) is 5. The Labute approximate surface area is 163 Å². The fraction of sp³-hybridized carbons (Fsp3) is 0.476. The molecule has 1 aromatic carbocycles. The van der Waals surface area contributed by atoms with Crippen LogP contribution in [-0.4, -0.2) is 41.9 Å². The lowest BCUT2D eigenvalue weighted by molar-refractivity contribution is -0.135. The minimum absolute atomic E-state index is 0.0634. The molecular formula is C21H25N3O4. The van der Waals surface area contributed by atoms with Gasteiger partial charge >= 0.3 is 5.63 Å². The smallest absolute Gasteiger partial charge is 0.336 e. The van der Waals surface area contributed by atoms with Crippen molar-refractivity contribution in [2.24, 2.45) is 5.92 Å². The number of fused-ring (bicyclic) bond motifs is 2. The second kappa shape index (κ2) is 7.05. The lowest BCUT2D eigenvalue weighted by atomic mass is 9.95. The molecule has 28 heavy (non-hydrogen) atoms. The van der Waals surface area contributed by atoms with Crippen LogP contribution >= 0.6 is 0 Å². The summed E-state index contributed by atoms with van der Waals surface area (Å²) in [6.45, 7) is 6.82. The Morgan fingerprint density at radius 2 is 2.04 bits per heavy atom. The van der Waals surface area contributed by atoms with Crippen LogP contribution in [0.25, 0.3) is 11.0 Å². The molecule has 3 atom stereocenters. The van der Waals surface area contributed by atoms with Crippen molar-refractivity contribution < 1.29 is 14.0 Å². The van der Waals surface area contributed by atoms with Crippen molar-refractivity contribution >= 4 is 28.5 Å². The van der Waals surface area contributed by atoms with Gasteiger partial charge in [-0.05, 0) is 49.9 Å². The molecule has 1 aromatic heterocycles. The normalized spacial score (nSPS) is 24.5. The first-order valence-corrected chi connectivity index (χ1v) is 9.77. The number of carbonyl (C=O) groups is 2. The summed E-state index contributed by atoms with van der Waals surface area (Å²) in [6, 6.07) is 5.10. The molecule has 148 valence electrons. The highest BCUT2D eigenvalue weighted by molar-refractivity contribution is 5.97. The Bertz CT molecular complexity index is 1010. The molecule has 0 unspecified atom stereocenters. The van der Waals surface area contributed by atoms with Crippen LogP contribution < -0.4 is 16.3 Å². The molecule has 2 aliphatic rings. The van der Waals surface area contributed by atoms with Gasteiger partial charge in [-0.25, -0.2) is 4.79 Å². The van der Waals surface area contributed by atoms with E-state index in [2.05, 4.69) is 10.6 Å². The highest BCUT2D eigenvalue weighted by Gasteiger charge is 2.47. The molecular weight excluding hydrogens is 358 g/mol. The molecule has 7 heteroatoms. The first kappa shape index (κ1) is 18.7. The summed E-state index contributed by atoms with van der Waals surface area (Å²) in [7, 11) is 0. The predicted octanol–water partition coefficient (Wildman–Crippen LogP) is 1.95. The van der Waals surface area contributed by atoms with Crippen LogP contribution in [0.2, 0.25) is 0 Å². The van der Waals surface area contributed by atoms with E-state index in [0.717, 1.165) is 29.5 Å². The fourth-order valence-electron chi connectivity index (χ4n) is 4.63. The van der Waals surface area contributed by atoms with Crippen molar-refractivity contribution in [3.63, 3.8) is 0 Å². The molecule has 2 N–H and O–H groups in total. The molecule has 7 nitrogen and oxygen atoms in total. The molecule has 3 heterocycles. The number of amides is 2. The van der Waals surface area contributed by atoms with E-state index in [1.807, 2.05) is 31.7 Å². The average Bonchev–Trinajstić information content (AvgIpc) is 3.03. The largest absolute Gasteiger partial charge is 0.423 e. The summed E-state index contributed by atoms with van der Waals surface area (Å²) in [5, 5.41) is 7.00. The van der Waals surface area contributed by atoms with Gasteiger partial charge in [-0.3, -0.25) is 9.59 Å². The molecule has 2 amide bonds. The summed E-state index contributed by atoms with van der Waals surface area (Å²) in [6.07, 6.45) is 1.42. The van der Waals surface area contributed by atoms with Gasteiger partial charge in [-0.15, -0.1) is 0 Å². The molecule has 0 saturated carbocycles. The third-order valence-electron chi connectivity index (χ3n) is 5.99. The Kier molecular flexibility index (Phi) is 4.71. The molecule has 2 fully saturated rings. The molecule has 2 saturated heterocycles. The molecule has 0 spiro atoms. The summed E-state index contributed by atoms with van der Waals surface area (Å²) in [4.78, 5) is 39.0. The highest BCUT2D eigenvalue weighted by atomic mass is 16.4. The number of piperazine rings is 1. The first-order valence-electron chi connectivity index (χ1n) is 9.77. The van der Waals surface area contributed by atoms with Crippen LogP contribution in [0.15, 0.2) is 27.4 Å². The zero-order valence-electron chi connectivity index (χ0n) is 16.4. The van der Waals surface area contributed by atoms with Crippen LogP contribution in [0.3, 0.4) is 0 Å². The molecule has 0 bridgehead atoms. The third-order valence-corrected chi connectivity index (χ3v) is 5.99. The Hall–Kier alpha value is -2.67. The van der Waals surface area contributed by atoms with E-state index in [4.69, 9.17) is 4.42 Å². The first-order chi connectivity index (χ1) is 13.4. The minimum atomic E-state index is -0.382. The van der Waals surface area contributed by atoms with Crippen LogP contribution in [0.5, 0.6) is 0 Å². The second-order valence-electron chi connectivity index (χ2n) is 7.80. The van der Waals surface area contributed by atoms with E-state index in [-0.39, 0.29) is 35.4 Å². The summed E-state index contributed by atoms with van der Waals surface area (Å²) >= 11 is 0. The zero-order chi connectivity index (χ0) is 20.0. The number of anilines is 1. The molecule has 4 rings (SSSR count). The van der Waals surface area contributed by atoms with Gasteiger partial charge in [0.25, 0.3) is 0 Å². The van der Waals surface area contributed by atoms with Gasteiger partial charge in [0.2, 0.25) is 11.8 Å². The van der Waals surface area contributed by atoms with Crippen LogP contribution in [0, 0.1) is 19.8 Å². The number of benzene rings is 1. The van der Waals surface area contributed by atoms with Crippen molar-refractivity contribution in [1.82, 2.24) is 10.2 Å². The van der Waals surface area contributed by atoms with Crippen molar-refractivity contribution in [3.8, 4) is 0 Å². The van der Waals surface area contributed by atoms with Crippen molar-refractivity contribution in [1.29, 1.82) is 0 Å². The van der Waals surface area contributed by atoms with E-state index < -0.39 is 0 Å². The number of hydrogen-bond donors (Lipinski definition) is 2. The molecule has 0 aliphatic carbocycles. The van der Waals surface area contributed by atoms with Gasteiger partial charge in [-0.1, -0.05) is 6.92 Å². The number of carbonyl (C=O) groups excluding carboxylic acids is 2. The number of nitrogens with one attached hydrogen (secondary N) is 2. The number of nitrogens with zero attached hydrogens (tertiary/aromatic N) is 1. The van der Waals surface area contributed by atoms with Gasteiger partial charge in [0.05, 0.1) is 12.5 Å². The Morgan fingerprint density at radius 3 is 2.79 bits per heavy atom. The van der Waals surface area contributed by atoms with Gasteiger partial charge in [0.1, 0.15) is 5.58 Å². The quantitative estimate of drug-likeness (QED) is 0.791. The van der Waals surface area contributed by atoms with Gasteiger partial charge in [-0.2, -0.15) is 0 Å². The fourth-order valence-corrected chi connectivity index (χ4v) is 4.63. The third kappa shape index (κ3) is 3.09. The van der Waals surface area contributed by atoms with E-state index in [1.165, 1.54) is 6.07 Å². The Balaban J connectivity index is 1.62. The summed E-state index contributed by atoms with van der Waals surface area (Å²) in [5.74, 6) is -0.221. The number of aryl methyl sites for hydroxylation is 2. The maximum atomic E-state index is 13.1. The maximum Gasteiger partial charge on any atom is 0.336 e. The van der Waals surface area contributed by atoms with Gasteiger partial charge in [0.15, 0.2) is 0 Å². The standard InChI is InChI=1S/C21H25N3O4/c1-4-17-15(7-13-9-22-10-19(25)24(13)17)21(27)23-16-8-14-11(2)6-20(26)28-18(14)5-12(16)3/h5-6,8,13,15,17,22H,4,7,9-10H2,1-3H3,(H,23,27)/t13-,15-,17-/m1/s1.